The third kappa shape index (κ3) is 3.04. The summed E-state index contributed by atoms with van der Waals surface area (Å²) in [5.74, 6) is 0.162. The first kappa shape index (κ1) is 16.2. The average Bonchev–Trinajstić information content (AvgIpc) is 3.16. The number of carbonyl (C=O) groups is 1. The van der Waals surface area contributed by atoms with Gasteiger partial charge in [-0.25, -0.2) is 4.68 Å². The van der Waals surface area contributed by atoms with Crippen LogP contribution >= 0.6 is 0 Å². The third-order valence-electron chi connectivity index (χ3n) is 5.72. The van der Waals surface area contributed by atoms with Crippen LogP contribution in [0.25, 0.3) is 0 Å². The van der Waals surface area contributed by atoms with E-state index in [0.717, 1.165) is 31.2 Å². The van der Waals surface area contributed by atoms with Gasteiger partial charge in [0.05, 0.1) is 5.60 Å². The van der Waals surface area contributed by atoms with Crippen LogP contribution in [0.5, 0.6) is 0 Å². The van der Waals surface area contributed by atoms with Crippen LogP contribution in [0.3, 0.4) is 0 Å². The van der Waals surface area contributed by atoms with Crippen molar-refractivity contribution in [2.75, 3.05) is 13.1 Å². The smallest absolute Gasteiger partial charge is 0.252 e. The lowest BCUT2D eigenvalue weighted by molar-refractivity contribution is -0.145. The number of fused-ring (bicyclic) bond motifs is 1. The molecule has 4 rings (SSSR count). The molecule has 1 saturated carbocycles. The van der Waals surface area contributed by atoms with E-state index in [2.05, 4.69) is 15.5 Å². The van der Waals surface area contributed by atoms with Gasteiger partial charge in [0.2, 0.25) is 0 Å². The first-order valence-corrected chi connectivity index (χ1v) is 8.96. The zero-order chi connectivity index (χ0) is 17.3. The maximum absolute atomic E-state index is 13.3. The molecule has 2 heterocycles. The van der Waals surface area contributed by atoms with Crippen molar-refractivity contribution in [1.82, 2.24) is 25.1 Å². The predicted octanol–water partition coefficient (Wildman–Crippen LogP) is 1.42. The molecule has 7 nitrogen and oxygen atoms in total. The van der Waals surface area contributed by atoms with Crippen molar-refractivity contribution < 1.29 is 9.90 Å². The molecule has 132 valence electrons. The van der Waals surface area contributed by atoms with Crippen LogP contribution < -0.4 is 0 Å². The quantitative estimate of drug-likeness (QED) is 0.913. The molecule has 2 fully saturated rings. The van der Waals surface area contributed by atoms with Gasteiger partial charge in [-0.15, -0.1) is 5.10 Å². The van der Waals surface area contributed by atoms with E-state index in [1.165, 1.54) is 11.0 Å². The Morgan fingerprint density at radius 3 is 2.84 bits per heavy atom. The van der Waals surface area contributed by atoms with Gasteiger partial charge in [-0.2, -0.15) is 0 Å². The summed E-state index contributed by atoms with van der Waals surface area (Å²) in [6.45, 7) is 1.19. The van der Waals surface area contributed by atoms with E-state index in [4.69, 9.17) is 0 Å². The summed E-state index contributed by atoms with van der Waals surface area (Å²) in [5.41, 5.74) is 0.274. The molecule has 0 spiro atoms. The molecule has 3 atom stereocenters. The van der Waals surface area contributed by atoms with E-state index in [0.29, 0.717) is 19.5 Å². The van der Waals surface area contributed by atoms with E-state index in [1.807, 2.05) is 35.2 Å². The highest BCUT2D eigenvalue weighted by molar-refractivity contribution is 5.83. The standard InChI is InChI=1S/C18H23N5O2/c24-17(22-11-10-18(25)9-5-4-8-15(18)12-22)16(23-13-19-20-21-23)14-6-2-1-3-7-14/h1-3,6-7,13,15-16,25H,4-5,8-12H2/t15-,16+,18-/m1/s1. The van der Waals surface area contributed by atoms with Gasteiger partial charge >= 0.3 is 0 Å². The van der Waals surface area contributed by atoms with Crippen molar-refractivity contribution in [3.8, 4) is 0 Å². The minimum absolute atomic E-state index is 0.00822. The Morgan fingerprint density at radius 2 is 2.08 bits per heavy atom. The second-order valence-corrected chi connectivity index (χ2v) is 7.18. The van der Waals surface area contributed by atoms with Gasteiger partial charge in [0, 0.05) is 19.0 Å². The van der Waals surface area contributed by atoms with E-state index in [1.54, 1.807) is 0 Å². The molecule has 1 N–H and O–H groups in total. The maximum Gasteiger partial charge on any atom is 0.252 e. The summed E-state index contributed by atoms with van der Waals surface area (Å²) in [6.07, 6.45) is 6.19. The van der Waals surface area contributed by atoms with Crippen molar-refractivity contribution in [3.05, 3.63) is 42.2 Å². The third-order valence-corrected chi connectivity index (χ3v) is 5.72. The van der Waals surface area contributed by atoms with E-state index >= 15 is 0 Å². The van der Waals surface area contributed by atoms with Crippen LogP contribution in [0.4, 0.5) is 0 Å². The average molecular weight is 341 g/mol. The van der Waals surface area contributed by atoms with Crippen molar-refractivity contribution >= 4 is 5.91 Å². The molecule has 0 radical (unpaired) electrons. The monoisotopic (exact) mass is 341 g/mol. The van der Waals surface area contributed by atoms with Crippen LogP contribution in [0.2, 0.25) is 0 Å². The Hall–Kier alpha value is -2.28. The van der Waals surface area contributed by atoms with Gasteiger partial charge < -0.3 is 10.0 Å². The van der Waals surface area contributed by atoms with E-state index < -0.39 is 11.6 Å². The molecule has 0 bridgehead atoms. The van der Waals surface area contributed by atoms with Gasteiger partial charge in [-0.05, 0) is 35.3 Å². The Balaban J connectivity index is 1.59. The van der Waals surface area contributed by atoms with Crippen molar-refractivity contribution in [3.63, 3.8) is 0 Å². The number of hydrogen-bond donors (Lipinski definition) is 1. The molecule has 1 aromatic heterocycles. The van der Waals surface area contributed by atoms with Gasteiger partial charge in [0.1, 0.15) is 6.33 Å². The molecular weight excluding hydrogens is 318 g/mol. The number of tetrazole rings is 1. The first-order chi connectivity index (χ1) is 12.2. The fourth-order valence-corrected chi connectivity index (χ4v) is 4.27. The fourth-order valence-electron chi connectivity index (χ4n) is 4.27. The molecule has 7 heteroatoms. The topological polar surface area (TPSA) is 84.1 Å². The summed E-state index contributed by atoms with van der Waals surface area (Å²) < 4.78 is 1.51. The Labute approximate surface area is 146 Å². The molecule has 25 heavy (non-hydrogen) atoms. The van der Waals surface area contributed by atoms with Crippen LogP contribution in [-0.4, -0.2) is 54.8 Å². The number of rotatable bonds is 3. The van der Waals surface area contributed by atoms with Crippen LogP contribution in [-0.2, 0) is 4.79 Å². The number of hydrogen-bond acceptors (Lipinski definition) is 5. The highest BCUT2D eigenvalue weighted by Gasteiger charge is 2.44. The number of nitrogens with zero attached hydrogens (tertiary/aromatic N) is 5. The number of amides is 1. The zero-order valence-electron chi connectivity index (χ0n) is 14.2. The maximum atomic E-state index is 13.3. The van der Waals surface area contributed by atoms with E-state index in [9.17, 15) is 9.90 Å². The molecule has 1 aliphatic heterocycles. The predicted molar refractivity (Wildman–Crippen MR) is 90.5 cm³/mol. The largest absolute Gasteiger partial charge is 0.389 e. The highest BCUT2D eigenvalue weighted by Crippen LogP contribution is 2.40. The van der Waals surface area contributed by atoms with Crippen molar-refractivity contribution in [2.45, 2.75) is 43.7 Å². The number of piperidine rings is 1. The summed E-state index contributed by atoms with van der Waals surface area (Å²) in [4.78, 5) is 15.2. The van der Waals surface area contributed by atoms with Gasteiger partial charge in [0.25, 0.3) is 5.91 Å². The first-order valence-electron chi connectivity index (χ1n) is 8.96. The Bertz CT molecular complexity index is 720. The summed E-state index contributed by atoms with van der Waals surface area (Å²) in [7, 11) is 0. The van der Waals surface area contributed by atoms with Crippen LogP contribution in [0, 0.1) is 5.92 Å². The van der Waals surface area contributed by atoms with Gasteiger partial charge in [-0.1, -0.05) is 43.2 Å². The SMILES string of the molecule is O=C([C@H](c1ccccc1)n1cnnn1)N1CC[C@]2(O)CCCC[C@@H]2C1. The molecule has 1 amide bonds. The zero-order valence-corrected chi connectivity index (χ0v) is 14.2. The van der Waals surface area contributed by atoms with Crippen LogP contribution in [0.1, 0.15) is 43.7 Å². The minimum atomic E-state index is -0.591. The number of aromatic nitrogens is 4. The summed E-state index contributed by atoms with van der Waals surface area (Å²) in [6, 6.07) is 9.03. The number of carbonyl (C=O) groups excluding carboxylic acids is 1. The minimum Gasteiger partial charge on any atom is -0.389 e. The summed E-state index contributed by atoms with van der Waals surface area (Å²) >= 11 is 0. The normalized spacial score (nSPS) is 27.6. The highest BCUT2D eigenvalue weighted by atomic mass is 16.3. The van der Waals surface area contributed by atoms with Crippen molar-refractivity contribution in [2.24, 2.45) is 5.92 Å². The molecule has 1 aliphatic carbocycles. The van der Waals surface area contributed by atoms with Gasteiger partial charge in [0.15, 0.2) is 6.04 Å². The lowest BCUT2D eigenvalue weighted by atomic mass is 9.71. The fraction of sp³-hybridized carbons (Fsp3) is 0.556. The lowest BCUT2D eigenvalue weighted by Crippen LogP contribution is -2.55. The van der Waals surface area contributed by atoms with Crippen LogP contribution in [0.15, 0.2) is 36.7 Å². The molecule has 1 saturated heterocycles. The molecule has 2 aliphatic rings. The van der Waals surface area contributed by atoms with Gasteiger partial charge in [-0.3, -0.25) is 4.79 Å². The molecular formula is C18H23N5O2. The molecule has 2 aromatic rings. The summed E-state index contributed by atoms with van der Waals surface area (Å²) in [5, 5.41) is 22.2. The lowest BCUT2D eigenvalue weighted by Gasteiger charge is -2.47. The second kappa shape index (κ2) is 6.55. The van der Waals surface area contributed by atoms with E-state index in [-0.39, 0.29) is 11.8 Å². The second-order valence-electron chi connectivity index (χ2n) is 7.18. The number of benzene rings is 1. The number of likely N-dealkylation sites (tertiary alicyclic amines) is 1. The Kier molecular flexibility index (Phi) is 4.25. The molecule has 0 unspecified atom stereocenters. The Morgan fingerprint density at radius 1 is 1.24 bits per heavy atom. The number of aliphatic hydroxyl groups is 1. The molecule has 1 aromatic carbocycles. The van der Waals surface area contributed by atoms with Crippen molar-refractivity contribution in [1.29, 1.82) is 0 Å².